The molecule has 0 saturated heterocycles. The number of furan rings is 1. The molecule has 0 aliphatic rings. The van der Waals surface area contributed by atoms with Crippen LogP contribution in [0, 0.1) is 12.7 Å². The first kappa shape index (κ1) is 12.8. The summed E-state index contributed by atoms with van der Waals surface area (Å²) in [6, 6.07) is 6.73. The lowest BCUT2D eigenvalue weighted by Crippen LogP contribution is -2.29. The van der Waals surface area contributed by atoms with Gasteiger partial charge in [0.25, 0.3) is 0 Å². The summed E-state index contributed by atoms with van der Waals surface area (Å²) in [4.78, 5) is 0. The van der Waals surface area contributed by atoms with E-state index >= 15 is 0 Å². The fourth-order valence-electron chi connectivity index (χ4n) is 2.05. The van der Waals surface area contributed by atoms with Crippen LogP contribution < -0.4 is 11.3 Å². The molecule has 1 atom stereocenters. The maximum atomic E-state index is 13.6. The Balaban J connectivity index is 2.42. The summed E-state index contributed by atoms with van der Waals surface area (Å²) in [5.74, 6) is 6.23. The van der Waals surface area contributed by atoms with Gasteiger partial charge in [-0.25, -0.2) is 9.82 Å². The van der Waals surface area contributed by atoms with Gasteiger partial charge in [-0.1, -0.05) is 19.1 Å². The van der Waals surface area contributed by atoms with Gasteiger partial charge in [-0.15, -0.1) is 0 Å². The fourth-order valence-corrected chi connectivity index (χ4v) is 2.05. The van der Waals surface area contributed by atoms with E-state index in [-0.39, 0.29) is 11.9 Å². The summed E-state index contributed by atoms with van der Waals surface area (Å²) in [7, 11) is 0. The van der Waals surface area contributed by atoms with Crippen molar-refractivity contribution in [3.8, 4) is 0 Å². The molecule has 1 unspecified atom stereocenters. The second kappa shape index (κ2) is 5.33. The van der Waals surface area contributed by atoms with Crippen molar-refractivity contribution in [1.82, 2.24) is 5.43 Å². The molecule has 3 N–H and O–H groups in total. The Hall–Kier alpha value is -1.65. The van der Waals surface area contributed by atoms with E-state index in [9.17, 15) is 4.39 Å². The molecule has 4 heteroatoms. The maximum absolute atomic E-state index is 13.6. The minimum atomic E-state index is -0.256. The molecule has 0 amide bonds. The van der Waals surface area contributed by atoms with E-state index in [1.54, 1.807) is 19.3 Å². The summed E-state index contributed by atoms with van der Waals surface area (Å²) in [5.41, 5.74) is 5.07. The maximum Gasteiger partial charge on any atom is 0.126 e. The third-order valence-corrected chi connectivity index (χ3v) is 3.11. The van der Waals surface area contributed by atoms with Gasteiger partial charge in [0.1, 0.15) is 11.6 Å². The molecular weight excluding hydrogens is 231 g/mol. The Labute approximate surface area is 106 Å². The number of hydrogen-bond donors (Lipinski definition) is 2. The van der Waals surface area contributed by atoms with E-state index < -0.39 is 0 Å². The van der Waals surface area contributed by atoms with Crippen LogP contribution in [0.3, 0.4) is 0 Å². The summed E-state index contributed by atoms with van der Waals surface area (Å²) in [6.45, 7) is 3.74. The van der Waals surface area contributed by atoms with E-state index in [1.165, 1.54) is 6.07 Å². The minimum absolute atomic E-state index is 0.228. The van der Waals surface area contributed by atoms with Crippen molar-refractivity contribution >= 4 is 0 Å². The van der Waals surface area contributed by atoms with Crippen LogP contribution in [0.1, 0.15) is 35.4 Å². The number of rotatable bonds is 4. The smallest absolute Gasteiger partial charge is 0.126 e. The highest BCUT2D eigenvalue weighted by Gasteiger charge is 2.18. The molecule has 2 rings (SSSR count). The molecule has 3 nitrogen and oxygen atoms in total. The molecule has 0 spiro atoms. The van der Waals surface area contributed by atoms with Crippen molar-refractivity contribution in [3.63, 3.8) is 0 Å². The number of hydrazine groups is 1. The quantitative estimate of drug-likeness (QED) is 0.646. The SMILES string of the molecule is CCc1occc1C(NN)c1ccc(C)c(F)c1. The molecule has 2 aromatic rings. The molecule has 0 saturated carbocycles. The monoisotopic (exact) mass is 248 g/mol. The molecular formula is C14H17FN2O. The summed E-state index contributed by atoms with van der Waals surface area (Å²) in [5, 5.41) is 0. The number of hydrogen-bond acceptors (Lipinski definition) is 3. The van der Waals surface area contributed by atoms with Gasteiger partial charge in [-0.05, 0) is 30.2 Å². The first-order valence-corrected chi connectivity index (χ1v) is 5.95. The van der Waals surface area contributed by atoms with Crippen LogP contribution in [0.2, 0.25) is 0 Å². The van der Waals surface area contributed by atoms with E-state index in [1.807, 2.05) is 19.1 Å². The van der Waals surface area contributed by atoms with Crippen LogP contribution in [-0.2, 0) is 6.42 Å². The Kier molecular flexibility index (Phi) is 3.79. The molecule has 0 aliphatic carbocycles. The lowest BCUT2D eigenvalue weighted by Gasteiger charge is -2.16. The van der Waals surface area contributed by atoms with Gasteiger partial charge in [-0.3, -0.25) is 5.84 Å². The van der Waals surface area contributed by atoms with Crippen molar-refractivity contribution in [1.29, 1.82) is 0 Å². The van der Waals surface area contributed by atoms with Gasteiger partial charge in [0.15, 0.2) is 0 Å². The van der Waals surface area contributed by atoms with Crippen LogP contribution in [0.4, 0.5) is 4.39 Å². The molecule has 0 radical (unpaired) electrons. The predicted octanol–water partition coefficient (Wildman–Crippen LogP) is 2.84. The van der Waals surface area contributed by atoms with Crippen LogP contribution in [0.25, 0.3) is 0 Å². The lowest BCUT2D eigenvalue weighted by atomic mass is 9.98. The molecule has 18 heavy (non-hydrogen) atoms. The van der Waals surface area contributed by atoms with Crippen LogP contribution in [-0.4, -0.2) is 0 Å². The lowest BCUT2D eigenvalue weighted by molar-refractivity contribution is 0.501. The number of nitrogens with two attached hydrogens (primary N) is 1. The first-order valence-electron chi connectivity index (χ1n) is 5.95. The fraction of sp³-hybridized carbons (Fsp3) is 0.286. The third-order valence-electron chi connectivity index (χ3n) is 3.11. The molecule has 1 aromatic carbocycles. The summed E-state index contributed by atoms with van der Waals surface area (Å²) >= 11 is 0. The second-order valence-corrected chi connectivity index (χ2v) is 4.26. The molecule has 0 fully saturated rings. The largest absolute Gasteiger partial charge is 0.469 e. The average Bonchev–Trinajstić information content (AvgIpc) is 2.83. The van der Waals surface area contributed by atoms with Gasteiger partial charge in [-0.2, -0.15) is 0 Å². The molecule has 0 aliphatic heterocycles. The third kappa shape index (κ3) is 2.30. The number of aryl methyl sites for hydroxylation is 2. The van der Waals surface area contributed by atoms with Crippen LogP contribution in [0.15, 0.2) is 34.9 Å². The van der Waals surface area contributed by atoms with Gasteiger partial charge in [0, 0.05) is 12.0 Å². The van der Waals surface area contributed by atoms with Crippen molar-refractivity contribution in [2.45, 2.75) is 26.3 Å². The molecule has 1 heterocycles. The van der Waals surface area contributed by atoms with Crippen LogP contribution in [0.5, 0.6) is 0 Å². The van der Waals surface area contributed by atoms with Gasteiger partial charge >= 0.3 is 0 Å². The number of benzene rings is 1. The molecule has 0 bridgehead atoms. The van der Waals surface area contributed by atoms with Crippen LogP contribution >= 0.6 is 0 Å². The van der Waals surface area contributed by atoms with E-state index in [0.717, 1.165) is 23.3 Å². The van der Waals surface area contributed by atoms with Crippen molar-refractivity contribution in [2.24, 2.45) is 5.84 Å². The van der Waals surface area contributed by atoms with Gasteiger partial charge < -0.3 is 4.42 Å². The Morgan fingerprint density at radius 2 is 2.17 bits per heavy atom. The zero-order valence-electron chi connectivity index (χ0n) is 10.5. The van der Waals surface area contributed by atoms with E-state index in [4.69, 9.17) is 10.3 Å². The average molecular weight is 248 g/mol. The topological polar surface area (TPSA) is 51.2 Å². The highest BCUT2D eigenvalue weighted by molar-refractivity contribution is 5.35. The Morgan fingerprint density at radius 1 is 1.39 bits per heavy atom. The highest BCUT2D eigenvalue weighted by atomic mass is 19.1. The standard InChI is InChI=1S/C14H17FN2O/c1-3-13-11(6-7-18-13)14(17-16)10-5-4-9(2)12(15)8-10/h4-8,14,17H,3,16H2,1-2H3. The zero-order chi connectivity index (χ0) is 13.1. The van der Waals surface area contributed by atoms with E-state index in [0.29, 0.717) is 5.56 Å². The summed E-state index contributed by atoms with van der Waals surface area (Å²) in [6.07, 6.45) is 2.40. The second-order valence-electron chi connectivity index (χ2n) is 4.26. The minimum Gasteiger partial charge on any atom is -0.469 e. The van der Waals surface area contributed by atoms with Crippen molar-refractivity contribution in [2.75, 3.05) is 0 Å². The zero-order valence-corrected chi connectivity index (χ0v) is 10.5. The van der Waals surface area contributed by atoms with Crippen molar-refractivity contribution in [3.05, 3.63) is 58.8 Å². The Bertz CT molecular complexity index is 536. The molecule has 96 valence electrons. The normalized spacial score (nSPS) is 12.7. The molecule has 1 aromatic heterocycles. The number of halogens is 1. The van der Waals surface area contributed by atoms with Crippen molar-refractivity contribution < 1.29 is 8.81 Å². The van der Waals surface area contributed by atoms with Gasteiger partial charge in [0.05, 0.1) is 12.3 Å². The predicted molar refractivity (Wildman–Crippen MR) is 68.4 cm³/mol. The van der Waals surface area contributed by atoms with E-state index in [2.05, 4.69) is 5.43 Å². The number of nitrogens with one attached hydrogen (secondary N) is 1. The Morgan fingerprint density at radius 3 is 2.78 bits per heavy atom. The summed E-state index contributed by atoms with van der Waals surface area (Å²) < 4.78 is 19.0. The van der Waals surface area contributed by atoms with Gasteiger partial charge in [0.2, 0.25) is 0 Å². The first-order chi connectivity index (χ1) is 8.67. The highest BCUT2D eigenvalue weighted by Crippen LogP contribution is 2.26.